The number of amides is 2. The van der Waals surface area contributed by atoms with Gasteiger partial charge in [0.1, 0.15) is 5.76 Å². The van der Waals surface area contributed by atoms with Gasteiger partial charge in [0.05, 0.1) is 24.1 Å². The van der Waals surface area contributed by atoms with Gasteiger partial charge in [0.15, 0.2) is 5.69 Å². The Hall–Kier alpha value is -3.42. The molecule has 2 aromatic heterocycles. The molecule has 1 aliphatic heterocycles. The van der Waals surface area contributed by atoms with E-state index in [4.69, 9.17) is 4.42 Å². The highest BCUT2D eigenvalue weighted by Crippen LogP contribution is 2.56. The van der Waals surface area contributed by atoms with Crippen LogP contribution in [0.2, 0.25) is 0 Å². The molecule has 3 aromatic rings. The van der Waals surface area contributed by atoms with E-state index < -0.39 is 0 Å². The van der Waals surface area contributed by atoms with Gasteiger partial charge in [-0.05, 0) is 49.7 Å². The fraction of sp³-hybridized carbons (Fsp3) is 0.417. The predicted octanol–water partition coefficient (Wildman–Crippen LogP) is 3.37. The van der Waals surface area contributed by atoms with E-state index in [9.17, 15) is 9.59 Å². The van der Waals surface area contributed by atoms with Gasteiger partial charge in [-0.3, -0.25) is 9.59 Å². The van der Waals surface area contributed by atoms with E-state index in [0.717, 1.165) is 44.3 Å². The number of benzene rings is 1. The van der Waals surface area contributed by atoms with Crippen LogP contribution in [0.4, 0.5) is 0 Å². The third kappa shape index (κ3) is 3.70. The van der Waals surface area contributed by atoms with Crippen LogP contribution in [0.3, 0.4) is 0 Å². The van der Waals surface area contributed by atoms with Gasteiger partial charge >= 0.3 is 0 Å². The first-order valence-electron chi connectivity index (χ1n) is 11.1. The fourth-order valence-electron chi connectivity index (χ4n) is 5.01. The number of rotatable bonds is 5. The van der Waals surface area contributed by atoms with Crippen LogP contribution in [-0.4, -0.2) is 44.8 Å². The molecule has 1 unspecified atom stereocenters. The lowest BCUT2D eigenvalue weighted by atomic mass is 9.59. The van der Waals surface area contributed by atoms with Crippen LogP contribution in [0.1, 0.15) is 63.9 Å². The minimum absolute atomic E-state index is 0.0418. The summed E-state index contributed by atoms with van der Waals surface area (Å²) >= 11 is 0. The van der Waals surface area contributed by atoms with Crippen molar-refractivity contribution in [3.05, 3.63) is 71.4 Å². The number of carbonyl (C=O) groups excluding carboxylic acids is 2. The standard InChI is InChI=1S/C24H27N5O3/c1-17-19(8-14-32-17)23(31)28-12-10-24(11-13-28)9-7-21(24)29-16-20(26-27-29)22(30)25-15-18-5-3-2-4-6-18/h2-6,8,14,16,21H,7,9-13,15H2,1H3,(H,25,30). The summed E-state index contributed by atoms with van der Waals surface area (Å²) in [5.74, 6) is 0.488. The molecule has 3 heterocycles. The Kier molecular flexibility index (Phi) is 5.28. The van der Waals surface area contributed by atoms with Gasteiger partial charge in [0.25, 0.3) is 11.8 Å². The van der Waals surface area contributed by atoms with Gasteiger partial charge in [-0.25, -0.2) is 4.68 Å². The molecule has 8 nitrogen and oxygen atoms in total. The molecule has 0 radical (unpaired) electrons. The Morgan fingerprint density at radius 2 is 1.94 bits per heavy atom. The molecule has 1 saturated heterocycles. The zero-order chi connectivity index (χ0) is 22.1. The van der Waals surface area contributed by atoms with Crippen molar-refractivity contribution in [1.29, 1.82) is 0 Å². The van der Waals surface area contributed by atoms with Crippen molar-refractivity contribution in [1.82, 2.24) is 25.2 Å². The molecular weight excluding hydrogens is 406 g/mol. The van der Waals surface area contributed by atoms with Gasteiger partial charge in [0, 0.05) is 19.6 Å². The topological polar surface area (TPSA) is 93.3 Å². The normalized spacial score (nSPS) is 19.5. The smallest absolute Gasteiger partial charge is 0.273 e. The number of furan rings is 1. The van der Waals surface area contributed by atoms with E-state index in [2.05, 4.69) is 15.6 Å². The quantitative estimate of drug-likeness (QED) is 0.666. The largest absolute Gasteiger partial charge is 0.469 e. The molecule has 5 rings (SSSR count). The lowest BCUT2D eigenvalue weighted by molar-refractivity contribution is -0.0268. The van der Waals surface area contributed by atoms with Crippen molar-refractivity contribution in [2.75, 3.05) is 13.1 Å². The average molecular weight is 434 g/mol. The highest BCUT2D eigenvalue weighted by molar-refractivity contribution is 5.95. The van der Waals surface area contributed by atoms with E-state index in [0.29, 0.717) is 23.6 Å². The van der Waals surface area contributed by atoms with Crippen LogP contribution in [-0.2, 0) is 6.54 Å². The second-order valence-electron chi connectivity index (χ2n) is 8.85. The van der Waals surface area contributed by atoms with E-state index in [1.54, 1.807) is 18.5 Å². The van der Waals surface area contributed by atoms with Crippen LogP contribution in [0, 0.1) is 12.3 Å². The lowest BCUT2D eigenvalue weighted by Crippen LogP contribution is -2.51. The van der Waals surface area contributed by atoms with E-state index in [-0.39, 0.29) is 23.3 Å². The summed E-state index contributed by atoms with van der Waals surface area (Å²) < 4.78 is 7.15. The van der Waals surface area contributed by atoms with Gasteiger partial charge in [0.2, 0.25) is 0 Å². The molecule has 1 spiro atoms. The summed E-state index contributed by atoms with van der Waals surface area (Å²) in [6.45, 7) is 3.72. The zero-order valence-electron chi connectivity index (χ0n) is 18.2. The molecule has 0 bridgehead atoms. The monoisotopic (exact) mass is 433 g/mol. The molecule has 2 fully saturated rings. The third-order valence-corrected chi connectivity index (χ3v) is 7.12. The average Bonchev–Trinajstić information content (AvgIpc) is 3.46. The highest BCUT2D eigenvalue weighted by atomic mass is 16.3. The van der Waals surface area contributed by atoms with Crippen molar-refractivity contribution in [2.45, 2.75) is 45.2 Å². The van der Waals surface area contributed by atoms with Crippen molar-refractivity contribution in [3.63, 3.8) is 0 Å². The first-order valence-corrected chi connectivity index (χ1v) is 11.1. The highest BCUT2D eigenvalue weighted by Gasteiger charge is 2.50. The molecular formula is C24H27N5O3. The second kappa shape index (κ2) is 8.26. The minimum atomic E-state index is -0.218. The number of aryl methyl sites for hydroxylation is 1. The number of nitrogens with one attached hydrogen (secondary N) is 1. The SMILES string of the molecule is Cc1occc1C(=O)N1CCC2(CCC2n2cc(C(=O)NCc3ccccc3)nn2)CC1. The molecule has 1 N–H and O–H groups in total. The molecule has 2 aliphatic rings. The first kappa shape index (κ1) is 20.5. The van der Waals surface area contributed by atoms with E-state index >= 15 is 0 Å². The van der Waals surface area contributed by atoms with Gasteiger partial charge in [-0.2, -0.15) is 0 Å². The van der Waals surface area contributed by atoms with Crippen LogP contribution in [0.25, 0.3) is 0 Å². The molecule has 1 saturated carbocycles. The second-order valence-corrected chi connectivity index (χ2v) is 8.85. The lowest BCUT2D eigenvalue weighted by Gasteiger charge is -2.53. The number of hydrogen-bond acceptors (Lipinski definition) is 5. The Bertz CT molecular complexity index is 1110. The van der Waals surface area contributed by atoms with Crippen LogP contribution >= 0.6 is 0 Å². The summed E-state index contributed by atoms with van der Waals surface area (Å²) in [6, 6.07) is 11.8. The van der Waals surface area contributed by atoms with Crippen molar-refractivity contribution < 1.29 is 14.0 Å². The Labute approximate surface area is 186 Å². The Morgan fingerprint density at radius 1 is 1.16 bits per heavy atom. The minimum Gasteiger partial charge on any atom is -0.469 e. The number of aromatic nitrogens is 3. The summed E-state index contributed by atoms with van der Waals surface area (Å²) in [6.07, 6.45) is 7.31. The van der Waals surface area contributed by atoms with E-state index in [1.165, 1.54) is 0 Å². The van der Waals surface area contributed by atoms with Crippen molar-refractivity contribution >= 4 is 11.8 Å². The Balaban J connectivity index is 1.20. The molecule has 1 aliphatic carbocycles. The van der Waals surface area contributed by atoms with Gasteiger partial charge in [-0.1, -0.05) is 35.5 Å². The first-order chi connectivity index (χ1) is 15.6. The van der Waals surface area contributed by atoms with Crippen LogP contribution in [0.5, 0.6) is 0 Å². The van der Waals surface area contributed by atoms with Crippen LogP contribution in [0.15, 0.2) is 53.3 Å². The summed E-state index contributed by atoms with van der Waals surface area (Å²) in [5, 5.41) is 11.3. The molecule has 32 heavy (non-hydrogen) atoms. The van der Waals surface area contributed by atoms with Gasteiger partial charge < -0.3 is 14.6 Å². The summed E-state index contributed by atoms with van der Waals surface area (Å²) in [7, 11) is 0. The van der Waals surface area contributed by atoms with Crippen molar-refractivity contribution in [3.8, 4) is 0 Å². The maximum Gasteiger partial charge on any atom is 0.273 e. The maximum atomic E-state index is 12.8. The zero-order valence-corrected chi connectivity index (χ0v) is 18.2. The summed E-state index contributed by atoms with van der Waals surface area (Å²) in [4.78, 5) is 27.2. The number of piperidine rings is 1. The molecule has 1 atom stereocenters. The Morgan fingerprint density at radius 3 is 2.59 bits per heavy atom. The number of hydrogen-bond donors (Lipinski definition) is 1. The number of nitrogens with zero attached hydrogens (tertiary/aromatic N) is 4. The number of carbonyl (C=O) groups is 2. The predicted molar refractivity (Wildman–Crippen MR) is 117 cm³/mol. The molecule has 2 amide bonds. The molecule has 166 valence electrons. The fourth-order valence-corrected chi connectivity index (χ4v) is 5.01. The maximum absolute atomic E-state index is 12.8. The van der Waals surface area contributed by atoms with Crippen molar-refractivity contribution in [2.24, 2.45) is 5.41 Å². The number of likely N-dealkylation sites (tertiary alicyclic amines) is 1. The molecule has 1 aromatic carbocycles. The van der Waals surface area contributed by atoms with Crippen LogP contribution < -0.4 is 5.32 Å². The third-order valence-electron chi connectivity index (χ3n) is 7.12. The van der Waals surface area contributed by atoms with E-state index in [1.807, 2.05) is 46.8 Å². The molecule has 8 heteroatoms. The van der Waals surface area contributed by atoms with Gasteiger partial charge in [-0.15, -0.1) is 5.10 Å². The summed E-state index contributed by atoms with van der Waals surface area (Å²) in [5.41, 5.74) is 2.14.